The van der Waals surface area contributed by atoms with Crippen molar-refractivity contribution in [2.24, 2.45) is 13.0 Å². The quantitative estimate of drug-likeness (QED) is 0.900. The minimum absolute atomic E-state index is 0.124. The van der Waals surface area contributed by atoms with Gasteiger partial charge in [-0.25, -0.2) is 8.42 Å². The lowest BCUT2D eigenvalue weighted by molar-refractivity contribution is 0.356. The van der Waals surface area contributed by atoms with Crippen molar-refractivity contribution in [3.05, 3.63) is 17.4 Å². The highest BCUT2D eigenvalue weighted by atomic mass is 32.2. The summed E-state index contributed by atoms with van der Waals surface area (Å²) >= 11 is 1.32. The summed E-state index contributed by atoms with van der Waals surface area (Å²) in [5.41, 5.74) is 0. The van der Waals surface area contributed by atoms with Crippen LogP contribution in [0, 0.1) is 5.92 Å². The van der Waals surface area contributed by atoms with E-state index in [2.05, 4.69) is 20.0 Å². The van der Waals surface area contributed by atoms with Gasteiger partial charge < -0.3 is 0 Å². The monoisotopic (exact) mass is 341 g/mol. The topological polar surface area (TPSA) is 89.8 Å². The third-order valence-corrected chi connectivity index (χ3v) is 6.15. The van der Waals surface area contributed by atoms with Crippen molar-refractivity contribution in [1.82, 2.24) is 20.0 Å². The Morgan fingerprint density at radius 3 is 2.77 bits per heavy atom. The van der Waals surface area contributed by atoms with Gasteiger partial charge in [0.2, 0.25) is 5.13 Å². The van der Waals surface area contributed by atoms with Crippen LogP contribution in [0.25, 0.3) is 0 Å². The van der Waals surface area contributed by atoms with Crippen molar-refractivity contribution in [2.75, 3.05) is 4.72 Å². The Morgan fingerprint density at radius 1 is 1.32 bits per heavy atom. The highest BCUT2D eigenvalue weighted by Crippen LogP contribution is 2.29. The molecule has 1 N–H and O–H groups in total. The van der Waals surface area contributed by atoms with Gasteiger partial charge >= 0.3 is 0 Å². The fraction of sp³-hybridized carbons (Fsp3) is 0.615. The van der Waals surface area contributed by atoms with Gasteiger partial charge in [-0.3, -0.25) is 9.40 Å². The van der Waals surface area contributed by atoms with Crippen LogP contribution in [0.15, 0.2) is 17.3 Å². The number of hydrogen-bond acceptors (Lipinski definition) is 6. The van der Waals surface area contributed by atoms with E-state index in [0.717, 1.165) is 11.4 Å². The first-order valence-electron chi connectivity index (χ1n) is 7.37. The fourth-order valence-corrected chi connectivity index (χ4v) is 4.79. The minimum atomic E-state index is -3.64. The SMILES string of the molecule is Cn1cc(S(=O)(=O)Nc2nnc(CC3CCCCC3)s2)cn1. The van der Waals surface area contributed by atoms with E-state index in [1.54, 1.807) is 7.05 Å². The molecule has 120 valence electrons. The largest absolute Gasteiger partial charge is 0.274 e. The van der Waals surface area contributed by atoms with Crippen LogP contribution in [0.1, 0.15) is 37.1 Å². The molecule has 0 saturated heterocycles. The van der Waals surface area contributed by atoms with Crippen molar-refractivity contribution in [3.8, 4) is 0 Å². The van der Waals surface area contributed by atoms with Crippen molar-refractivity contribution in [3.63, 3.8) is 0 Å². The van der Waals surface area contributed by atoms with E-state index in [1.807, 2.05) is 0 Å². The molecule has 0 atom stereocenters. The molecule has 3 rings (SSSR count). The molecule has 7 nitrogen and oxygen atoms in total. The Hall–Kier alpha value is -1.48. The lowest BCUT2D eigenvalue weighted by Crippen LogP contribution is -2.12. The van der Waals surface area contributed by atoms with Gasteiger partial charge in [0.05, 0.1) is 6.20 Å². The number of anilines is 1. The maximum Gasteiger partial charge on any atom is 0.266 e. The first-order valence-corrected chi connectivity index (χ1v) is 9.67. The van der Waals surface area contributed by atoms with Gasteiger partial charge in [0.15, 0.2) is 0 Å². The smallest absolute Gasteiger partial charge is 0.266 e. The van der Waals surface area contributed by atoms with E-state index in [9.17, 15) is 8.42 Å². The number of aryl methyl sites for hydroxylation is 1. The van der Waals surface area contributed by atoms with Gasteiger partial charge in [-0.05, 0) is 5.92 Å². The van der Waals surface area contributed by atoms with Crippen molar-refractivity contribution >= 4 is 26.5 Å². The van der Waals surface area contributed by atoms with Crippen molar-refractivity contribution in [1.29, 1.82) is 0 Å². The summed E-state index contributed by atoms with van der Waals surface area (Å²) < 4.78 is 28.3. The zero-order valence-electron chi connectivity index (χ0n) is 12.4. The second-order valence-corrected chi connectivity index (χ2v) is 8.41. The van der Waals surface area contributed by atoms with Crippen molar-refractivity contribution in [2.45, 2.75) is 43.4 Å². The van der Waals surface area contributed by atoms with E-state index in [4.69, 9.17) is 0 Å². The first-order chi connectivity index (χ1) is 10.5. The molecular formula is C13H19N5O2S2. The summed E-state index contributed by atoms with van der Waals surface area (Å²) in [7, 11) is -1.96. The summed E-state index contributed by atoms with van der Waals surface area (Å²) in [4.78, 5) is 0.124. The summed E-state index contributed by atoms with van der Waals surface area (Å²) in [6.45, 7) is 0. The molecule has 0 aliphatic heterocycles. The van der Waals surface area contributed by atoms with Gasteiger partial charge in [-0.1, -0.05) is 43.4 Å². The van der Waals surface area contributed by atoms with Crippen LogP contribution in [0.4, 0.5) is 5.13 Å². The highest BCUT2D eigenvalue weighted by molar-refractivity contribution is 7.93. The van der Waals surface area contributed by atoms with E-state index in [-0.39, 0.29) is 4.90 Å². The Labute approximate surface area is 133 Å². The molecule has 0 bridgehead atoms. The molecule has 0 amide bonds. The maximum atomic E-state index is 12.2. The molecule has 0 spiro atoms. The molecule has 9 heteroatoms. The molecule has 2 aromatic rings. The molecule has 0 unspecified atom stereocenters. The molecule has 0 aromatic carbocycles. The predicted molar refractivity (Wildman–Crippen MR) is 84.2 cm³/mol. The Kier molecular flexibility index (Phi) is 4.44. The van der Waals surface area contributed by atoms with Crippen LogP contribution in [-0.4, -0.2) is 28.4 Å². The number of nitrogens with zero attached hydrogens (tertiary/aromatic N) is 4. The predicted octanol–water partition coefficient (Wildman–Crippen LogP) is 2.20. The normalized spacial score (nSPS) is 16.8. The number of nitrogens with one attached hydrogen (secondary N) is 1. The average molecular weight is 341 g/mol. The lowest BCUT2D eigenvalue weighted by atomic mass is 9.87. The second kappa shape index (κ2) is 6.33. The van der Waals surface area contributed by atoms with Crippen LogP contribution in [-0.2, 0) is 23.5 Å². The molecule has 0 radical (unpaired) electrons. The molecule has 1 saturated carbocycles. The average Bonchev–Trinajstić information content (AvgIpc) is 3.09. The molecule has 1 aliphatic rings. The van der Waals surface area contributed by atoms with E-state index < -0.39 is 10.0 Å². The number of rotatable bonds is 5. The lowest BCUT2D eigenvalue weighted by Gasteiger charge is -2.19. The van der Waals surface area contributed by atoms with Gasteiger partial charge in [-0.15, -0.1) is 10.2 Å². The van der Waals surface area contributed by atoms with E-state index in [1.165, 1.54) is 60.5 Å². The van der Waals surface area contributed by atoms with Gasteiger partial charge in [0, 0.05) is 19.7 Å². The number of sulfonamides is 1. The maximum absolute atomic E-state index is 12.2. The Bertz CT molecular complexity index is 731. The van der Waals surface area contributed by atoms with E-state index in [0.29, 0.717) is 11.0 Å². The number of aromatic nitrogens is 4. The van der Waals surface area contributed by atoms with Crippen LogP contribution >= 0.6 is 11.3 Å². The van der Waals surface area contributed by atoms with Gasteiger partial charge in [0.1, 0.15) is 9.90 Å². The van der Waals surface area contributed by atoms with Crippen LogP contribution < -0.4 is 4.72 Å². The molecular weight excluding hydrogens is 322 g/mol. The van der Waals surface area contributed by atoms with Crippen LogP contribution in [0.3, 0.4) is 0 Å². The second-order valence-electron chi connectivity index (χ2n) is 5.66. The van der Waals surface area contributed by atoms with Crippen LogP contribution in [0.5, 0.6) is 0 Å². The summed E-state index contributed by atoms with van der Waals surface area (Å²) in [6.07, 6.45) is 10.0. The molecule has 2 heterocycles. The number of hydrogen-bond donors (Lipinski definition) is 1. The zero-order chi connectivity index (χ0) is 15.6. The molecule has 2 aromatic heterocycles. The third kappa shape index (κ3) is 3.64. The fourth-order valence-electron chi connectivity index (χ4n) is 2.73. The first kappa shape index (κ1) is 15.4. The molecule has 1 fully saturated rings. The van der Waals surface area contributed by atoms with Gasteiger partial charge in [-0.2, -0.15) is 5.10 Å². The summed E-state index contributed by atoms with van der Waals surface area (Å²) in [6, 6.07) is 0. The van der Waals surface area contributed by atoms with Crippen LogP contribution in [0.2, 0.25) is 0 Å². The van der Waals surface area contributed by atoms with Gasteiger partial charge in [0.25, 0.3) is 10.0 Å². The molecule has 1 aliphatic carbocycles. The zero-order valence-corrected chi connectivity index (χ0v) is 14.0. The Balaban J connectivity index is 1.66. The third-order valence-electron chi connectivity index (χ3n) is 3.87. The van der Waals surface area contributed by atoms with Crippen molar-refractivity contribution < 1.29 is 8.42 Å². The standard InChI is InChI=1S/C13H19N5O2S2/c1-18-9-11(8-14-18)22(19,20)17-13-16-15-12(21-13)7-10-5-3-2-4-6-10/h8-10H,2-7H2,1H3,(H,16,17). The summed E-state index contributed by atoms with van der Waals surface area (Å²) in [5, 5.41) is 13.1. The Morgan fingerprint density at radius 2 is 2.09 bits per heavy atom. The summed E-state index contributed by atoms with van der Waals surface area (Å²) in [5.74, 6) is 0.657. The highest BCUT2D eigenvalue weighted by Gasteiger charge is 2.20. The minimum Gasteiger partial charge on any atom is -0.274 e. The van der Waals surface area contributed by atoms with E-state index >= 15 is 0 Å². The molecule has 22 heavy (non-hydrogen) atoms.